The Hall–Kier alpha value is -1.16. The fourth-order valence-corrected chi connectivity index (χ4v) is 0.475. The first-order chi connectivity index (χ1) is 5.22. The van der Waals surface area contributed by atoms with E-state index < -0.39 is 0 Å². The molecule has 2 amide bonds. The molecule has 1 fully saturated rings. The fourth-order valence-electron chi connectivity index (χ4n) is 0.475. The number of ether oxygens (including phenoxy) is 1. The lowest BCUT2D eigenvalue weighted by Gasteiger charge is -2.01. The SMILES string of the molecule is C1CO1.CN1C(=O)C=CC1=O. The van der Waals surface area contributed by atoms with E-state index in [1.54, 1.807) is 0 Å². The third-order valence-electron chi connectivity index (χ3n) is 1.23. The Morgan fingerprint density at radius 2 is 1.64 bits per heavy atom. The van der Waals surface area contributed by atoms with E-state index in [2.05, 4.69) is 4.74 Å². The molecule has 0 aromatic rings. The van der Waals surface area contributed by atoms with Crippen LogP contribution in [0.1, 0.15) is 0 Å². The van der Waals surface area contributed by atoms with E-state index in [0.717, 1.165) is 18.1 Å². The molecule has 2 rings (SSSR count). The van der Waals surface area contributed by atoms with Crippen molar-refractivity contribution in [1.82, 2.24) is 4.90 Å². The zero-order valence-electron chi connectivity index (χ0n) is 6.24. The van der Waals surface area contributed by atoms with Crippen LogP contribution in [0.3, 0.4) is 0 Å². The van der Waals surface area contributed by atoms with Crippen molar-refractivity contribution in [3.8, 4) is 0 Å². The summed E-state index contributed by atoms with van der Waals surface area (Å²) < 4.78 is 4.50. The van der Waals surface area contributed by atoms with Gasteiger partial charge in [0.2, 0.25) is 0 Å². The summed E-state index contributed by atoms with van der Waals surface area (Å²) in [6.07, 6.45) is 2.50. The van der Waals surface area contributed by atoms with Crippen molar-refractivity contribution >= 4 is 11.8 Å². The Labute approximate surface area is 64.4 Å². The number of amides is 2. The van der Waals surface area contributed by atoms with Crippen molar-refractivity contribution in [3.05, 3.63) is 12.2 Å². The Kier molecular flexibility index (Phi) is 2.38. The van der Waals surface area contributed by atoms with Gasteiger partial charge in [-0.1, -0.05) is 0 Å². The van der Waals surface area contributed by atoms with Crippen molar-refractivity contribution in [2.24, 2.45) is 0 Å². The average molecular weight is 155 g/mol. The highest BCUT2D eigenvalue weighted by Crippen LogP contribution is 1.97. The molecule has 11 heavy (non-hydrogen) atoms. The molecule has 0 saturated carbocycles. The molecule has 0 radical (unpaired) electrons. The van der Waals surface area contributed by atoms with Crippen molar-refractivity contribution in [2.45, 2.75) is 0 Å². The minimum absolute atomic E-state index is 0.241. The van der Waals surface area contributed by atoms with Crippen molar-refractivity contribution in [1.29, 1.82) is 0 Å². The van der Waals surface area contributed by atoms with Crippen molar-refractivity contribution < 1.29 is 14.3 Å². The highest BCUT2D eigenvalue weighted by molar-refractivity contribution is 6.12. The Bertz CT molecular complexity index is 187. The van der Waals surface area contributed by atoms with Gasteiger partial charge >= 0.3 is 0 Å². The molecular weight excluding hydrogens is 146 g/mol. The van der Waals surface area contributed by atoms with E-state index in [1.165, 1.54) is 19.2 Å². The number of epoxide rings is 1. The van der Waals surface area contributed by atoms with Crippen LogP contribution in [0.15, 0.2) is 12.2 Å². The fraction of sp³-hybridized carbons (Fsp3) is 0.429. The molecule has 60 valence electrons. The normalized spacial score (nSPS) is 19.9. The van der Waals surface area contributed by atoms with Crippen LogP contribution in [-0.4, -0.2) is 37.0 Å². The zero-order chi connectivity index (χ0) is 8.27. The van der Waals surface area contributed by atoms with E-state index in [1.807, 2.05) is 0 Å². The minimum Gasteiger partial charge on any atom is -0.377 e. The lowest BCUT2D eigenvalue weighted by molar-refractivity contribution is -0.135. The monoisotopic (exact) mass is 155 g/mol. The molecule has 0 spiro atoms. The van der Waals surface area contributed by atoms with Gasteiger partial charge in [0.25, 0.3) is 11.8 Å². The first kappa shape index (κ1) is 7.94. The van der Waals surface area contributed by atoms with Crippen LogP contribution in [-0.2, 0) is 14.3 Å². The molecule has 0 N–H and O–H groups in total. The molecule has 0 bridgehead atoms. The van der Waals surface area contributed by atoms with Crippen LogP contribution in [0.2, 0.25) is 0 Å². The molecule has 2 aliphatic rings. The second-order valence-electron chi connectivity index (χ2n) is 2.18. The third-order valence-corrected chi connectivity index (χ3v) is 1.23. The number of carbonyl (C=O) groups is 2. The molecule has 0 aromatic carbocycles. The first-order valence-corrected chi connectivity index (χ1v) is 3.29. The highest BCUT2D eigenvalue weighted by Gasteiger charge is 2.17. The molecule has 4 heteroatoms. The standard InChI is InChI=1S/C5H5NO2.C2H4O/c1-6-4(7)2-3-5(6)8;1-2-3-1/h2-3H,1H3;1-2H2. The molecule has 0 unspecified atom stereocenters. The summed E-state index contributed by atoms with van der Waals surface area (Å²) in [7, 11) is 1.45. The molecule has 0 aromatic heterocycles. The predicted molar refractivity (Wildman–Crippen MR) is 37.7 cm³/mol. The van der Waals surface area contributed by atoms with Crippen LogP contribution in [0.25, 0.3) is 0 Å². The van der Waals surface area contributed by atoms with Crippen LogP contribution >= 0.6 is 0 Å². The smallest absolute Gasteiger partial charge is 0.253 e. The van der Waals surface area contributed by atoms with Gasteiger partial charge < -0.3 is 4.74 Å². The average Bonchev–Trinajstić information content (AvgIpc) is 2.80. The molecule has 2 heterocycles. The third kappa shape index (κ3) is 2.51. The van der Waals surface area contributed by atoms with Gasteiger partial charge in [-0.05, 0) is 0 Å². The van der Waals surface area contributed by atoms with Gasteiger partial charge in [0.05, 0.1) is 13.2 Å². The molecule has 2 aliphatic heterocycles. The maximum Gasteiger partial charge on any atom is 0.253 e. The molecule has 0 aliphatic carbocycles. The molecule has 0 atom stereocenters. The summed E-state index contributed by atoms with van der Waals surface area (Å²) in [6, 6.07) is 0. The number of nitrogens with zero attached hydrogens (tertiary/aromatic N) is 1. The lowest BCUT2D eigenvalue weighted by Crippen LogP contribution is -2.24. The van der Waals surface area contributed by atoms with Crippen LogP contribution < -0.4 is 0 Å². The Balaban J connectivity index is 0.000000167. The van der Waals surface area contributed by atoms with Crippen LogP contribution in [0, 0.1) is 0 Å². The Morgan fingerprint density at radius 3 is 1.73 bits per heavy atom. The minimum atomic E-state index is -0.241. The number of likely N-dealkylation sites (N-methyl/N-ethyl adjacent to an activating group) is 1. The lowest BCUT2D eigenvalue weighted by atomic mass is 10.6. The summed E-state index contributed by atoms with van der Waals surface area (Å²) in [4.78, 5) is 21.9. The van der Waals surface area contributed by atoms with Crippen molar-refractivity contribution in [3.63, 3.8) is 0 Å². The van der Waals surface area contributed by atoms with Crippen LogP contribution in [0.5, 0.6) is 0 Å². The molecule has 4 nitrogen and oxygen atoms in total. The van der Waals surface area contributed by atoms with Crippen LogP contribution in [0.4, 0.5) is 0 Å². The zero-order valence-corrected chi connectivity index (χ0v) is 6.24. The maximum atomic E-state index is 10.4. The molecular formula is C7H9NO3. The number of imide groups is 1. The predicted octanol–water partition coefficient (Wildman–Crippen LogP) is -0.442. The van der Waals surface area contributed by atoms with E-state index in [0.29, 0.717) is 0 Å². The van der Waals surface area contributed by atoms with E-state index >= 15 is 0 Å². The number of carbonyl (C=O) groups excluding carboxylic acids is 2. The summed E-state index contributed by atoms with van der Waals surface area (Å²) in [6.45, 7) is 2.00. The van der Waals surface area contributed by atoms with E-state index in [4.69, 9.17) is 0 Å². The quantitative estimate of drug-likeness (QED) is 0.352. The summed E-state index contributed by atoms with van der Waals surface area (Å²) in [5.41, 5.74) is 0. The van der Waals surface area contributed by atoms with Gasteiger partial charge in [0, 0.05) is 19.2 Å². The van der Waals surface area contributed by atoms with E-state index in [-0.39, 0.29) is 11.8 Å². The van der Waals surface area contributed by atoms with E-state index in [9.17, 15) is 9.59 Å². The van der Waals surface area contributed by atoms with Crippen molar-refractivity contribution in [2.75, 3.05) is 20.3 Å². The Morgan fingerprint density at radius 1 is 1.27 bits per heavy atom. The summed E-state index contributed by atoms with van der Waals surface area (Å²) in [5.74, 6) is -0.481. The second-order valence-corrected chi connectivity index (χ2v) is 2.18. The first-order valence-electron chi connectivity index (χ1n) is 3.29. The summed E-state index contributed by atoms with van der Waals surface area (Å²) in [5, 5.41) is 0. The highest BCUT2D eigenvalue weighted by atomic mass is 16.6. The number of rotatable bonds is 0. The van der Waals surface area contributed by atoms with Gasteiger partial charge in [-0.25, -0.2) is 0 Å². The van der Waals surface area contributed by atoms with Gasteiger partial charge in [-0.3, -0.25) is 14.5 Å². The molecule has 1 saturated heterocycles. The number of hydrogen-bond acceptors (Lipinski definition) is 3. The largest absolute Gasteiger partial charge is 0.377 e. The van der Waals surface area contributed by atoms with Gasteiger partial charge in [0.1, 0.15) is 0 Å². The topological polar surface area (TPSA) is 49.9 Å². The number of hydrogen-bond donors (Lipinski definition) is 0. The van der Waals surface area contributed by atoms with Gasteiger partial charge in [-0.2, -0.15) is 0 Å². The van der Waals surface area contributed by atoms with Gasteiger partial charge in [-0.15, -0.1) is 0 Å². The maximum absolute atomic E-state index is 10.4. The second kappa shape index (κ2) is 3.30. The van der Waals surface area contributed by atoms with Gasteiger partial charge in [0.15, 0.2) is 0 Å². The summed E-state index contributed by atoms with van der Waals surface area (Å²) >= 11 is 0.